The summed E-state index contributed by atoms with van der Waals surface area (Å²) in [6.07, 6.45) is 2.10. The molecule has 140 valence electrons. The van der Waals surface area contributed by atoms with E-state index < -0.39 is 10.0 Å². The molecule has 1 aliphatic heterocycles. The second kappa shape index (κ2) is 7.50. The van der Waals surface area contributed by atoms with Gasteiger partial charge in [0.15, 0.2) is 11.6 Å². The first-order chi connectivity index (χ1) is 13.1. The van der Waals surface area contributed by atoms with Crippen LogP contribution in [-0.4, -0.2) is 37.6 Å². The first kappa shape index (κ1) is 17.7. The molecule has 0 radical (unpaired) electrons. The number of hydrogen-bond acceptors (Lipinski definition) is 6. The Hall–Kier alpha value is -2.71. The molecule has 1 atom stereocenters. The second-order valence-corrected chi connectivity index (χ2v) is 8.03. The van der Waals surface area contributed by atoms with Gasteiger partial charge in [-0.05, 0) is 37.1 Å². The molecule has 2 aromatic carbocycles. The van der Waals surface area contributed by atoms with Crippen molar-refractivity contribution in [2.75, 3.05) is 23.2 Å². The highest BCUT2D eigenvalue weighted by Gasteiger charge is 2.20. The van der Waals surface area contributed by atoms with Gasteiger partial charge in [0.2, 0.25) is 0 Å². The van der Waals surface area contributed by atoms with Gasteiger partial charge in [-0.2, -0.15) is 0 Å². The van der Waals surface area contributed by atoms with Gasteiger partial charge in [-0.1, -0.05) is 30.3 Å². The van der Waals surface area contributed by atoms with E-state index in [0.29, 0.717) is 23.4 Å². The third-order valence-corrected chi connectivity index (χ3v) is 5.73. The quantitative estimate of drug-likeness (QED) is 0.679. The topological polar surface area (TPSA) is 93.2 Å². The van der Waals surface area contributed by atoms with Crippen LogP contribution in [0.4, 0.5) is 11.6 Å². The van der Waals surface area contributed by atoms with Gasteiger partial charge in [0, 0.05) is 13.2 Å². The number of fused-ring (bicyclic) bond motifs is 1. The number of ether oxygens (including phenoxy) is 1. The summed E-state index contributed by atoms with van der Waals surface area (Å²) < 4.78 is 33.6. The molecule has 27 heavy (non-hydrogen) atoms. The molecule has 3 aromatic rings. The zero-order chi connectivity index (χ0) is 18.7. The van der Waals surface area contributed by atoms with Crippen LogP contribution in [0.1, 0.15) is 12.8 Å². The van der Waals surface area contributed by atoms with Gasteiger partial charge in [-0.25, -0.2) is 18.4 Å². The van der Waals surface area contributed by atoms with Gasteiger partial charge < -0.3 is 10.1 Å². The Kier molecular flexibility index (Phi) is 4.91. The molecule has 1 fully saturated rings. The third kappa shape index (κ3) is 4.01. The Morgan fingerprint density at radius 3 is 2.30 bits per heavy atom. The van der Waals surface area contributed by atoms with E-state index in [1.165, 1.54) is 12.1 Å². The molecule has 1 aromatic heterocycles. The van der Waals surface area contributed by atoms with Crippen molar-refractivity contribution in [2.45, 2.75) is 23.8 Å². The largest absolute Gasteiger partial charge is 0.376 e. The molecule has 7 nitrogen and oxygen atoms in total. The van der Waals surface area contributed by atoms with Gasteiger partial charge in [0.1, 0.15) is 0 Å². The molecular weight excluding hydrogens is 364 g/mol. The Morgan fingerprint density at radius 2 is 1.63 bits per heavy atom. The maximum atomic E-state index is 12.7. The molecule has 0 bridgehead atoms. The number of benzene rings is 2. The summed E-state index contributed by atoms with van der Waals surface area (Å²) in [6, 6.07) is 15.5. The van der Waals surface area contributed by atoms with E-state index in [9.17, 15) is 8.42 Å². The zero-order valence-corrected chi connectivity index (χ0v) is 15.4. The number of nitrogens with one attached hydrogen (secondary N) is 2. The van der Waals surface area contributed by atoms with Crippen LogP contribution in [-0.2, 0) is 14.8 Å². The van der Waals surface area contributed by atoms with Crippen molar-refractivity contribution >= 4 is 32.7 Å². The molecule has 4 rings (SSSR count). The molecule has 8 heteroatoms. The van der Waals surface area contributed by atoms with E-state index in [1.54, 1.807) is 24.3 Å². The lowest BCUT2D eigenvalue weighted by Gasteiger charge is -2.16. The molecule has 0 aliphatic carbocycles. The van der Waals surface area contributed by atoms with Crippen LogP contribution in [0.15, 0.2) is 59.5 Å². The summed E-state index contributed by atoms with van der Waals surface area (Å²) >= 11 is 0. The van der Waals surface area contributed by atoms with Crippen molar-refractivity contribution in [2.24, 2.45) is 0 Å². The van der Waals surface area contributed by atoms with Crippen LogP contribution in [0.25, 0.3) is 11.0 Å². The fraction of sp³-hybridized carbons (Fsp3) is 0.263. The monoisotopic (exact) mass is 384 g/mol. The maximum Gasteiger partial charge on any atom is 0.263 e. The molecule has 2 N–H and O–H groups in total. The normalized spacial score (nSPS) is 17.1. The zero-order valence-electron chi connectivity index (χ0n) is 14.6. The van der Waals surface area contributed by atoms with Crippen LogP contribution in [0, 0.1) is 0 Å². The van der Waals surface area contributed by atoms with Crippen molar-refractivity contribution in [3.63, 3.8) is 0 Å². The van der Waals surface area contributed by atoms with Gasteiger partial charge in [0.05, 0.1) is 22.0 Å². The number of hydrogen-bond donors (Lipinski definition) is 2. The Bertz CT molecular complexity index is 1040. The minimum atomic E-state index is -3.77. The van der Waals surface area contributed by atoms with Crippen LogP contribution in [0.3, 0.4) is 0 Å². The molecule has 0 saturated carbocycles. The number of para-hydroxylation sites is 2. The van der Waals surface area contributed by atoms with Gasteiger partial charge in [-0.3, -0.25) is 4.72 Å². The minimum absolute atomic E-state index is 0.0943. The molecule has 0 amide bonds. The summed E-state index contributed by atoms with van der Waals surface area (Å²) in [7, 11) is -3.77. The fourth-order valence-corrected chi connectivity index (χ4v) is 4.03. The predicted octanol–water partition coefficient (Wildman–Crippen LogP) is 3.02. The highest BCUT2D eigenvalue weighted by Crippen LogP contribution is 2.25. The lowest BCUT2D eigenvalue weighted by atomic mass is 10.2. The molecule has 1 aliphatic rings. The van der Waals surface area contributed by atoms with Crippen LogP contribution in [0.2, 0.25) is 0 Å². The second-order valence-electron chi connectivity index (χ2n) is 6.34. The highest BCUT2D eigenvalue weighted by atomic mass is 32.2. The number of anilines is 2. The first-order valence-electron chi connectivity index (χ1n) is 8.82. The van der Waals surface area contributed by atoms with E-state index in [4.69, 9.17) is 4.74 Å². The molecule has 2 heterocycles. The molecule has 0 spiro atoms. The Morgan fingerprint density at radius 1 is 0.963 bits per heavy atom. The summed E-state index contributed by atoms with van der Waals surface area (Å²) in [4.78, 5) is 9.20. The Labute approximate surface area is 157 Å². The van der Waals surface area contributed by atoms with Gasteiger partial charge in [-0.15, -0.1) is 0 Å². The maximum absolute atomic E-state index is 12.7. The lowest BCUT2D eigenvalue weighted by molar-refractivity contribution is 0.120. The minimum Gasteiger partial charge on any atom is -0.376 e. The van der Waals surface area contributed by atoms with Crippen molar-refractivity contribution < 1.29 is 13.2 Å². The van der Waals surface area contributed by atoms with Crippen molar-refractivity contribution in [3.8, 4) is 0 Å². The molecule has 1 saturated heterocycles. The molecule has 0 unspecified atom stereocenters. The van der Waals surface area contributed by atoms with E-state index in [1.807, 2.05) is 18.2 Å². The van der Waals surface area contributed by atoms with Crippen molar-refractivity contribution in [1.29, 1.82) is 0 Å². The fourth-order valence-electron chi connectivity index (χ4n) is 3.00. The van der Waals surface area contributed by atoms with E-state index in [2.05, 4.69) is 20.0 Å². The third-order valence-electron chi connectivity index (χ3n) is 4.38. The van der Waals surface area contributed by atoms with E-state index in [0.717, 1.165) is 19.4 Å². The van der Waals surface area contributed by atoms with Crippen LogP contribution >= 0.6 is 0 Å². The van der Waals surface area contributed by atoms with Crippen molar-refractivity contribution in [1.82, 2.24) is 9.97 Å². The lowest BCUT2D eigenvalue weighted by Crippen LogP contribution is -2.21. The number of aromatic nitrogens is 2. The summed E-state index contributed by atoms with van der Waals surface area (Å²) in [5.41, 5.74) is 1.31. The number of nitrogens with zero attached hydrogens (tertiary/aromatic N) is 2. The van der Waals surface area contributed by atoms with Gasteiger partial charge >= 0.3 is 0 Å². The predicted molar refractivity (Wildman–Crippen MR) is 104 cm³/mol. The SMILES string of the molecule is O=S(=O)(Nc1nc2ccccc2nc1NC[C@H]1CCCO1)c1ccccc1. The standard InChI is InChI=1S/C19H20N4O3S/c24-27(25,15-8-2-1-3-9-15)23-19-18(20-13-14-7-6-12-26-14)21-16-10-4-5-11-17(16)22-19/h1-5,8-11,14H,6-7,12-13H2,(H,20,21)(H,22,23)/t14-/m1/s1. The van der Waals surface area contributed by atoms with E-state index in [-0.39, 0.29) is 16.8 Å². The van der Waals surface area contributed by atoms with Crippen molar-refractivity contribution in [3.05, 3.63) is 54.6 Å². The summed E-state index contributed by atoms with van der Waals surface area (Å²) in [5.74, 6) is 0.569. The highest BCUT2D eigenvalue weighted by molar-refractivity contribution is 7.92. The average Bonchev–Trinajstić information content (AvgIpc) is 3.20. The summed E-state index contributed by atoms with van der Waals surface area (Å²) in [6.45, 7) is 1.30. The Balaban J connectivity index is 1.67. The average molecular weight is 384 g/mol. The van der Waals surface area contributed by atoms with Gasteiger partial charge in [0.25, 0.3) is 10.0 Å². The molecular formula is C19H20N4O3S. The number of sulfonamides is 1. The van der Waals surface area contributed by atoms with Crippen LogP contribution in [0.5, 0.6) is 0 Å². The summed E-state index contributed by atoms with van der Waals surface area (Å²) in [5, 5.41) is 3.20. The van der Waals surface area contributed by atoms with E-state index >= 15 is 0 Å². The smallest absolute Gasteiger partial charge is 0.263 e. The first-order valence-corrected chi connectivity index (χ1v) is 10.3. The van der Waals surface area contributed by atoms with Crippen LogP contribution < -0.4 is 10.0 Å². The number of rotatable bonds is 6.